The van der Waals surface area contributed by atoms with Gasteiger partial charge in [-0.3, -0.25) is 9.79 Å². The van der Waals surface area contributed by atoms with Gasteiger partial charge in [-0.2, -0.15) is 0 Å². The Kier molecular flexibility index (Phi) is 7.90. The van der Waals surface area contributed by atoms with Crippen molar-refractivity contribution in [3.05, 3.63) is 53.2 Å². The van der Waals surface area contributed by atoms with Gasteiger partial charge in [-0.05, 0) is 42.7 Å². The summed E-state index contributed by atoms with van der Waals surface area (Å²) in [6, 6.07) is 11.8. The molecule has 0 bridgehead atoms. The van der Waals surface area contributed by atoms with E-state index in [1.165, 1.54) is 0 Å². The van der Waals surface area contributed by atoms with Crippen LogP contribution in [-0.4, -0.2) is 43.0 Å². The van der Waals surface area contributed by atoms with Gasteiger partial charge in [0.25, 0.3) is 0 Å². The first kappa shape index (κ1) is 21.9. The molecule has 2 aromatic rings. The number of aromatic nitrogens is 1. The molecule has 1 unspecified atom stereocenters. The summed E-state index contributed by atoms with van der Waals surface area (Å²) in [5.41, 5.74) is 1.88. The first-order valence-corrected chi connectivity index (χ1v) is 10.7. The maximum Gasteiger partial charge on any atom is 0.224 e. The van der Waals surface area contributed by atoms with Crippen molar-refractivity contribution in [2.75, 3.05) is 30.4 Å². The van der Waals surface area contributed by atoms with Gasteiger partial charge in [0.2, 0.25) is 5.91 Å². The average molecular weight is 429 g/mol. The van der Waals surface area contributed by atoms with Crippen LogP contribution in [0.5, 0.6) is 0 Å². The number of hydrogen-bond acceptors (Lipinski definition) is 4. The molecule has 160 valence electrons. The van der Waals surface area contributed by atoms with Gasteiger partial charge in [-0.25, -0.2) is 4.98 Å². The van der Waals surface area contributed by atoms with Crippen LogP contribution < -0.4 is 20.9 Å². The minimum Gasteiger partial charge on any atom is -0.353 e. The van der Waals surface area contributed by atoms with E-state index >= 15 is 0 Å². The van der Waals surface area contributed by atoms with E-state index in [-0.39, 0.29) is 11.9 Å². The molecule has 7 nitrogen and oxygen atoms in total. The summed E-state index contributed by atoms with van der Waals surface area (Å²) in [6.07, 6.45) is 4.11. The third-order valence-corrected chi connectivity index (χ3v) is 5.23. The molecule has 1 aliphatic heterocycles. The van der Waals surface area contributed by atoms with Gasteiger partial charge in [-0.1, -0.05) is 30.7 Å². The second-order valence-electron chi connectivity index (χ2n) is 7.31. The van der Waals surface area contributed by atoms with E-state index < -0.39 is 0 Å². The van der Waals surface area contributed by atoms with Gasteiger partial charge < -0.3 is 20.9 Å². The molecule has 30 heavy (non-hydrogen) atoms. The van der Waals surface area contributed by atoms with Crippen LogP contribution in [0.15, 0.2) is 47.6 Å². The molecule has 1 saturated heterocycles. The number of pyridine rings is 1. The van der Waals surface area contributed by atoms with Crippen LogP contribution in [-0.2, 0) is 11.3 Å². The summed E-state index contributed by atoms with van der Waals surface area (Å²) in [4.78, 5) is 22.7. The summed E-state index contributed by atoms with van der Waals surface area (Å²) < 4.78 is 0. The number of carbonyl (C=O) groups excluding carboxylic acids is 1. The van der Waals surface area contributed by atoms with Crippen molar-refractivity contribution in [2.45, 2.75) is 38.8 Å². The number of nitrogens with zero attached hydrogens (tertiary/aromatic N) is 3. The Morgan fingerprint density at radius 1 is 1.33 bits per heavy atom. The second kappa shape index (κ2) is 10.8. The average Bonchev–Trinajstić information content (AvgIpc) is 3.20. The quantitative estimate of drug-likeness (QED) is 0.465. The predicted molar refractivity (Wildman–Crippen MR) is 123 cm³/mol. The van der Waals surface area contributed by atoms with Gasteiger partial charge in [0.15, 0.2) is 5.96 Å². The molecule has 8 heteroatoms. The van der Waals surface area contributed by atoms with Crippen molar-refractivity contribution >= 4 is 35.0 Å². The molecule has 2 heterocycles. The fourth-order valence-corrected chi connectivity index (χ4v) is 3.70. The highest BCUT2D eigenvalue weighted by Crippen LogP contribution is 2.25. The predicted octanol–water partition coefficient (Wildman–Crippen LogP) is 3.42. The third-order valence-electron chi connectivity index (χ3n) is 4.94. The number of guanidine groups is 1. The lowest BCUT2D eigenvalue weighted by Crippen LogP contribution is -2.44. The highest BCUT2D eigenvalue weighted by atomic mass is 35.5. The van der Waals surface area contributed by atoms with E-state index in [0.717, 1.165) is 49.0 Å². The highest BCUT2D eigenvalue weighted by Gasteiger charge is 2.25. The van der Waals surface area contributed by atoms with Crippen molar-refractivity contribution < 1.29 is 4.79 Å². The number of hydrogen-bond donors (Lipinski definition) is 3. The Labute approximate surface area is 182 Å². The maximum absolute atomic E-state index is 11.8. The second-order valence-corrected chi connectivity index (χ2v) is 7.72. The molecule has 1 aromatic heterocycles. The van der Waals surface area contributed by atoms with Crippen LogP contribution in [0.25, 0.3) is 0 Å². The third kappa shape index (κ3) is 6.10. The van der Waals surface area contributed by atoms with E-state index in [4.69, 9.17) is 11.6 Å². The van der Waals surface area contributed by atoms with Crippen LogP contribution in [0, 0.1) is 0 Å². The maximum atomic E-state index is 11.8. The Morgan fingerprint density at radius 2 is 2.20 bits per heavy atom. The lowest BCUT2D eigenvalue weighted by atomic mass is 10.2. The Bertz CT molecular complexity index is 887. The summed E-state index contributed by atoms with van der Waals surface area (Å²) in [5, 5.41) is 10.4. The molecule has 1 atom stereocenters. The first-order chi connectivity index (χ1) is 14.6. The molecule has 0 radical (unpaired) electrons. The zero-order chi connectivity index (χ0) is 21.3. The van der Waals surface area contributed by atoms with Crippen molar-refractivity contribution in [3.8, 4) is 0 Å². The zero-order valence-electron chi connectivity index (χ0n) is 17.5. The van der Waals surface area contributed by atoms with Crippen molar-refractivity contribution in [1.29, 1.82) is 0 Å². The number of nitrogens with one attached hydrogen (secondary N) is 3. The minimum atomic E-state index is 0.0406. The number of rotatable bonds is 7. The van der Waals surface area contributed by atoms with Crippen LogP contribution in [0.1, 0.15) is 31.7 Å². The SMILES string of the molecule is CCCC(=O)Nc1cccc(CNC(=NC)NC2CCN(c3ncccc3Cl)C2)c1. The van der Waals surface area contributed by atoms with Crippen molar-refractivity contribution in [1.82, 2.24) is 15.6 Å². The molecule has 1 amide bonds. The summed E-state index contributed by atoms with van der Waals surface area (Å²) in [5.74, 6) is 1.61. The van der Waals surface area contributed by atoms with Gasteiger partial charge in [-0.15, -0.1) is 0 Å². The summed E-state index contributed by atoms with van der Waals surface area (Å²) in [6.45, 7) is 4.31. The highest BCUT2D eigenvalue weighted by molar-refractivity contribution is 6.32. The van der Waals surface area contributed by atoms with E-state index in [2.05, 4.69) is 30.8 Å². The Balaban J connectivity index is 1.51. The van der Waals surface area contributed by atoms with Gasteiger partial charge in [0, 0.05) is 51.0 Å². The first-order valence-electron chi connectivity index (χ1n) is 10.3. The normalized spacial score (nSPS) is 16.4. The smallest absolute Gasteiger partial charge is 0.224 e. The van der Waals surface area contributed by atoms with E-state index in [1.807, 2.05) is 43.3 Å². The molecule has 0 saturated carbocycles. The van der Waals surface area contributed by atoms with Crippen LogP contribution >= 0.6 is 11.6 Å². The number of carbonyl (C=O) groups is 1. The van der Waals surface area contributed by atoms with Gasteiger partial charge in [0.05, 0.1) is 5.02 Å². The molecule has 1 aromatic carbocycles. The lowest BCUT2D eigenvalue weighted by molar-refractivity contribution is -0.116. The standard InChI is InChI=1S/C22H29ClN6O/c1-3-6-20(30)27-17-8-4-7-16(13-17)14-26-22(24-2)28-18-10-12-29(15-18)21-19(23)9-5-11-25-21/h4-5,7-9,11,13,18H,3,6,10,12,14-15H2,1-2H3,(H,27,30)(H2,24,26,28). The summed E-state index contributed by atoms with van der Waals surface area (Å²) in [7, 11) is 1.76. The molecular weight excluding hydrogens is 400 g/mol. The van der Waals surface area contributed by atoms with E-state index in [0.29, 0.717) is 18.0 Å². The molecule has 0 spiro atoms. The van der Waals surface area contributed by atoms with Gasteiger partial charge in [0.1, 0.15) is 5.82 Å². The monoisotopic (exact) mass is 428 g/mol. The van der Waals surface area contributed by atoms with Crippen LogP contribution in [0.3, 0.4) is 0 Å². The number of anilines is 2. The fourth-order valence-electron chi connectivity index (χ4n) is 3.46. The number of benzene rings is 1. The van der Waals surface area contributed by atoms with Crippen molar-refractivity contribution in [3.63, 3.8) is 0 Å². The molecular formula is C22H29ClN6O. The van der Waals surface area contributed by atoms with Crippen LogP contribution in [0.4, 0.5) is 11.5 Å². The topological polar surface area (TPSA) is 81.6 Å². The Morgan fingerprint density at radius 3 is 2.97 bits per heavy atom. The minimum absolute atomic E-state index is 0.0406. The van der Waals surface area contributed by atoms with Crippen LogP contribution in [0.2, 0.25) is 5.02 Å². The zero-order valence-corrected chi connectivity index (χ0v) is 18.2. The number of aliphatic imine (C=N–C) groups is 1. The number of halogens is 1. The van der Waals surface area contributed by atoms with E-state index in [1.54, 1.807) is 13.2 Å². The number of amides is 1. The van der Waals surface area contributed by atoms with Gasteiger partial charge >= 0.3 is 0 Å². The molecule has 1 fully saturated rings. The van der Waals surface area contributed by atoms with E-state index in [9.17, 15) is 4.79 Å². The Hall–Kier alpha value is -2.80. The lowest BCUT2D eigenvalue weighted by Gasteiger charge is -2.20. The van der Waals surface area contributed by atoms with Crippen molar-refractivity contribution in [2.24, 2.45) is 4.99 Å². The molecule has 0 aliphatic carbocycles. The summed E-state index contributed by atoms with van der Waals surface area (Å²) >= 11 is 6.28. The molecule has 1 aliphatic rings. The molecule has 3 rings (SSSR count). The largest absolute Gasteiger partial charge is 0.353 e. The molecule has 3 N–H and O–H groups in total. The fraction of sp³-hybridized carbons (Fsp3) is 0.409.